The Kier molecular flexibility index (Phi) is 11.2. The molecule has 0 radical (unpaired) electrons. The molecule has 0 N–H and O–H groups in total. The Morgan fingerprint density at radius 3 is 2.14 bits per heavy atom. The van der Waals surface area contributed by atoms with Crippen molar-refractivity contribution in [2.75, 3.05) is 19.8 Å². The Morgan fingerprint density at radius 2 is 1.66 bits per heavy atom. The first-order valence-electron chi connectivity index (χ1n) is 11.2. The molecule has 0 heterocycles. The van der Waals surface area contributed by atoms with Crippen molar-refractivity contribution >= 4 is 0 Å². The van der Waals surface area contributed by atoms with Gasteiger partial charge in [0.15, 0.2) is 6.29 Å². The van der Waals surface area contributed by atoms with Crippen molar-refractivity contribution < 1.29 is 14.2 Å². The maximum atomic E-state index is 6.12. The highest BCUT2D eigenvalue weighted by molar-refractivity contribution is 5.36. The normalized spacial score (nSPS) is 19.8. The number of hydrogen-bond donors (Lipinski definition) is 0. The first-order chi connectivity index (χ1) is 13.7. The number of allylic oxidation sites excluding steroid dienone is 5. The third-order valence-electron chi connectivity index (χ3n) is 5.72. The van der Waals surface area contributed by atoms with E-state index in [0.717, 1.165) is 5.57 Å². The Balaban J connectivity index is 3.15. The molecular weight excluding hydrogens is 360 g/mol. The zero-order valence-corrected chi connectivity index (χ0v) is 20.1. The number of rotatable bonds is 12. The summed E-state index contributed by atoms with van der Waals surface area (Å²) in [6.45, 7) is 23.2. The van der Waals surface area contributed by atoms with E-state index < -0.39 is 0 Å². The molecule has 0 saturated heterocycles. The lowest BCUT2D eigenvalue weighted by atomic mass is 9.72. The van der Waals surface area contributed by atoms with Crippen LogP contribution in [0.2, 0.25) is 0 Å². The topological polar surface area (TPSA) is 27.7 Å². The van der Waals surface area contributed by atoms with Crippen molar-refractivity contribution in [3.8, 4) is 0 Å². The van der Waals surface area contributed by atoms with Crippen molar-refractivity contribution in [3.05, 3.63) is 47.1 Å². The van der Waals surface area contributed by atoms with Crippen molar-refractivity contribution in [2.24, 2.45) is 11.3 Å². The summed E-state index contributed by atoms with van der Waals surface area (Å²) in [5, 5.41) is 0. The van der Waals surface area contributed by atoms with Gasteiger partial charge in [0.1, 0.15) is 0 Å². The maximum absolute atomic E-state index is 6.12. The summed E-state index contributed by atoms with van der Waals surface area (Å²) in [4.78, 5) is 0. The molecule has 0 aromatic rings. The monoisotopic (exact) mass is 404 g/mol. The molecule has 2 unspecified atom stereocenters. The van der Waals surface area contributed by atoms with Crippen LogP contribution in [0, 0.1) is 11.3 Å². The van der Waals surface area contributed by atoms with Gasteiger partial charge in [0, 0.05) is 19.8 Å². The Labute approximate surface area is 179 Å². The van der Waals surface area contributed by atoms with E-state index in [0.29, 0.717) is 19.8 Å². The van der Waals surface area contributed by atoms with Crippen LogP contribution in [0.5, 0.6) is 0 Å². The van der Waals surface area contributed by atoms with Crippen LogP contribution in [0.4, 0.5) is 0 Å². The number of hydrogen-bond acceptors (Lipinski definition) is 3. The van der Waals surface area contributed by atoms with Gasteiger partial charge in [-0.2, -0.15) is 0 Å². The lowest BCUT2D eigenvalue weighted by Gasteiger charge is -2.33. The highest BCUT2D eigenvalue weighted by atomic mass is 16.7. The summed E-state index contributed by atoms with van der Waals surface area (Å²) in [7, 11) is 0. The molecule has 3 nitrogen and oxygen atoms in total. The van der Waals surface area contributed by atoms with E-state index in [1.54, 1.807) is 0 Å². The predicted octanol–water partition coefficient (Wildman–Crippen LogP) is 7.01. The van der Waals surface area contributed by atoms with Gasteiger partial charge in [0.25, 0.3) is 0 Å². The Morgan fingerprint density at radius 1 is 1.07 bits per heavy atom. The fraction of sp³-hybridized carbons (Fsp3) is 0.692. The fourth-order valence-electron chi connectivity index (χ4n) is 4.24. The molecule has 0 aromatic heterocycles. The van der Waals surface area contributed by atoms with Crippen molar-refractivity contribution in [1.82, 2.24) is 0 Å². The van der Waals surface area contributed by atoms with Crippen LogP contribution < -0.4 is 0 Å². The van der Waals surface area contributed by atoms with E-state index in [2.05, 4.69) is 52.5 Å². The van der Waals surface area contributed by atoms with Gasteiger partial charge < -0.3 is 14.2 Å². The third-order valence-corrected chi connectivity index (χ3v) is 5.72. The minimum atomic E-state index is -0.352. The van der Waals surface area contributed by atoms with Gasteiger partial charge in [-0.25, -0.2) is 0 Å². The molecule has 0 bridgehead atoms. The second-order valence-corrected chi connectivity index (χ2v) is 8.75. The second kappa shape index (κ2) is 12.5. The zero-order chi connectivity index (χ0) is 22.0. The van der Waals surface area contributed by atoms with Gasteiger partial charge >= 0.3 is 0 Å². The van der Waals surface area contributed by atoms with E-state index in [9.17, 15) is 0 Å². The lowest BCUT2D eigenvalue weighted by Crippen LogP contribution is -2.37. The highest BCUT2D eigenvalue weighted by Gasteiger charge is 2.31. The molecule has 0 amide bonds. The molecular formula is C26H44O3. The van der Waals surface area contributed by atoms with Gasteiger partial charge in [-0.1, -0.05) is 55.4 Å². The van der Waals surface area contributed by atoms with Crippen LogP contribution in [0.3, 0.4) is 0 Å². The summed E-state index contributed by atoms with van der Waals surface area (Å²) in [6.07, 6.45) is 9.97. The Hall–Kier alpha value is -1.16. The van der Waals surface area contributed by atoms with E-state index >= 15 is 0 Å². The summed E-state index contributed by atoms with van der Waals surface area (Å²) in [6, 6.07) is 0. The molecule has 0 aromatic carbocycles. The van der Waals surface area contributed by atoms with Crippen LogP contribution in [-0.2, 0) is 14.2 Å². The Bertz CT molecular complexity index is 603. The highest BCUT2D eigenvalue weighted by Crippen LogP contribution is 2.40. The molecule has 0 saturated carbocycles. The van der Waals surface area contributed by atoms with E-state index in [1.807, 2.05) is 27.7 Å². The number of ether oxygens (including phenoxy) is 3. The quantitative estimate of drug-likeness (QED) is 0.199. The van der Waals surface area contributed by atoms with Gasteiger partial charge in [0.2, 0.25) is 0 Å². The molecule has 0 aliphatic heterocycles. The fourth-order valence-corrected chi connectivity index (χ4v) is 4.24. The standard InChI is InChI=1S/C26H44O3/c1-10-27-23(24(19(4)5)25(28-11-2)29-12-3)18-20(6)15-16-22-21(7)14-13-17-26(22,8)9/h15-16,18,23-25H,4,10-14,17H2,1-3,5-9H3/b16-15+,20-18+. The van der Waals surface area contributed by atoms with E-state index in [1.165, 1.54) is 36.0 Å². The summed E-state index contributed by atoms with van der Waals surface area (Å²) in [5.41, 5.74) is 5.42. The van der Waals surface area contributed by atoms with Crippen LogP contribution in [-0.4, -0.2) is 32.2 Å². The van der Waals surface area contributed by atoms with Crippen LogP contribution in [0.1, 0.15) is 74.7 Å². The van der Waals surface area contributed by atoms with E-state index in [4.69, 9.17) is 14.2 Å². The maximum Gasteiger partial charge on any atom is 0.166 e. The van der Waals surface area contributed by atoms with Gasteiger partial charge in [-0.3, -0.25) is 0 Å². The van der Waals surface area contributed by atoms with E-state index in [-0.39, 0.29) is 23.7 Å². The second-order valence-electron chi connectivity index (χ2n) is 8.75. The molecule has 1 aliphatic carbocycles. The zero-order valence-electron chi connectivity index (χ0n) is 20.1. The molecule has 1 rings (SSSR count). The van der Waals surface area contributed by atoms with Gasteiger partial charge in [-0.05, 0) is 71.8 Å². The van der Waals surface area contributed by atoms with Gasteiger partial charge in [-0.15, -0.1) is 0 Å². The SMILES string of the molecule is C=C(C)C(C(/C=C(C)/C=C/C1=C(C)CCCC1(C)C)OCC)C(OCC)OCC. The summed E-state index contributed by atoms with van der Waals surface area (Å²) >= 11 is 0. The average Bonchev–Trinajstić information content (AvgIpc) is 2.61. The average molecular weight is 405 g/mol. The summed E-state index contributed by atoms with van der Waals surface area (Å²) < 4.78 is 17.9. The molecule has 1 aliphatic rings. The third kappa shape index (κ3) is 7.88. The molecule has 29 heavy (non-hydrogen) atoms. The molecule has 0 fully saturated rings. The molecule has 2 atom stereocenters. The van der Waals surface area contributed by atoms with Crippen molar-refractivity contribution in [3.63, 3.8) is 0 Å². The largest absolute Gasteiger partial charge is 0.374 e. The first-order valence-corrected chi connectivity index (χ1v) is 11.2. The first kappa shape index (κ1) is 25.9. The van der Waals surface area contributed by atoms with Crippen LogP contribution >= 0.6 is 0 Å². The van der Waals surface area contributed by atoms with Crippen molar-refractivity contribution in [2.45, 2.75) is 87.0 Å². The lowest BCUT2D eigenvalue weighted by molar-refractivity contribution is -0.177. The summed E-state index contributed by atoms with van der Waals surface area (Å²) in [5.74, 6) is -0.0507. The molecule has 166 valence electrons. The van der Waals surface area contributed by atoms with Crippen LogP contribution in [0.25, 0.3) is 0 Å². The smallest absolute Gasteiger partial charge is 0.166 e. The predicted molar refractivity (Wildman–Crippen MR) is 124 cm³/mol. The van der Waals surface area contributed by atoms with Crippen molar-refractivity contribution in [1.29, 1.82) is 0 Å². The minimum absolute atomic E-state index is 0.0507. The van der Waals surface area contributed by atoms with Crippen LogP contribution in [0.15, 0.2) is 47.1 Å². The van der Waals surface area contributed by atoms with Gasteiger partial charge in [0.05, 0.1) is 12.0 Å². The molecule has 0 spiro atoms. The minimum Gasteiger partial charge on any atom is -0.374 e. The molecule has 3 heteroatoms.